The maximum Gasteiger partial charge on any atom is 0.322 e. The van der Waals surface area contributed by atoms with Gasteiger partial charge in [0, 0.05) is 0 Å². The smallest absolute Gasteiger partial charge is 0.322 e. The highest BCUT2D eigenvalue weighted by Crippen LogP contribution is 2.19. The highest BCUT2D eigenvalue weighted by atomic mass is 16.5. The van der Waals surface area contributed by atoms with E-state index in [2.05, 4.69) is 12.2 Å². The molecule has 0 aliphatic heterocycles. The molecule has 1 rings (SSSR count). The first-order valence-corrected chi connectivity index (χ1v) is 7.07. The normalized spacial score (nSPS) is 11.0. The number of carbonyl (C=O) groups excluding carboxylic acids is 1. The van der Waals surface area contributed by atoms with Gasteiger partial charge < -0.3 is 15.2 Å². The van der Waals surface area contributed by atoms with Gasteiger partial charge in [-0.15, -0.1) is 0 Å². The standard InChI is InChI=1S/C16H23NO4/c1-4-5-12-6-8-13(9-7-12)21-11-16(2,3)15(20)17-10-14(18)19/h6-9H,4-5,10-11H2,1-3H3,(H,17,20)(H,18,19). The van der Waals surface area contributed by atoms with Gasteiger partial charge in [0.2, 0.25) is 5.91 Å². The van der Waals surface area contributed by atoms with Gasteiger partial charge in [0.25, 0.3) is 0 Å². The number of ether oxygens (including phenoxy) is 1. The number of nitrogens with one attached hydrogen (secondary N) is 1. The Bertz CT molecular complexity index is 480. The Balaban J connectivity index is 2.51. The van der Waals surface area contributed by atoms with E-state index in [1.807, 2.05) is 24.3 Å². The second-order valence-electron chi connectivity index (χ2n) is 5.64. The summed E-state index contributed by atoms with van der Waals surface area (Å²) >= 11 is 0. The summed E-state index contributed by atoms with van der Waals surface area (Å²) in [6, 6.07) is 7.79. The van der Waals surface area contributed by atoms with E-state index in [-0.39, 0.29) is 19.1 Å². The van der Waals surface area contributed by atoms with Crippen molar-refractivity contribution in [1.82, 2.24) is 5.32 Å². The van der Waals surface area contributed by atoms with Crippen molar-refractivity contribution in [3.05, 3.63) is 29.8 Å². The lowest BCUT2D eigenvalue weighted by molar-refractivity contribution is -0.140. The van der Waals surface area contributed by atoms with E-state index in [1.54, 1.807) is 13.8 Å². The Labute approximate surface area is 125 Å². The lowest BCUT2D eigenvalue weighted by Gasteiger charge is -2.23. The molecule has 0 saturated heterocycles. The second kappa shape index (κ2) is 7.67. The molecular weight excluding hydrogens is 270 g/mol. The van der Waals surface area contributed by atoms with E-state index < -0.39 is 11.4 Å². The monoisotopic (exact) mass is 293 g/mol. The van der Waals surface area contributed by atoms with Crippen LogP contribution in [0.25, 0.3) is 0 Å². The van der Waals surface area contributed by atoms with Gasteiger partial charge in [0.05, 0.1) is 5.41 Å². The minimum absolute atomic E-state index is 0.186. The zero-order valence-electron chi connectivity index (χ0n) is 12.8. The average molecular weight is 293 g/mol. The molecule has 0 saturated carbocycles. The summed E-state index contributed by atoms with van der Waals surface area (Å²) in [5.74, 6) is -0.701. The molecule has 5 nitrogen and oxygen atoms in total. The highest BCUT2D eigenvalue weighted by molar-refractivity contribution is 5.85. The van der Waals surface area contributed by atoms with Crippen molar-refractivity contribution in [3.63, 3.8) is 0 Å². The summed E-state index contributed by atoms with van der Waals surface area (Å²) in [6.07, 6.45) is 2.13. The number of hydrogen-bond donors (Lipinski definition) is 2. The molecule has 0 radical (unpaired) electrons. The zero-order valence-corrected chi connectivity index (χ0v) is 12.8. The van der Waals surface area contributed by atoms with Gasteiger partial charge in [-0.1, -0.05) is 25.5 Å². The quantitative estimate of drug-likeness (QED) is 0.771. The maximum absolute atomic E-state index is 11.9. The van der Waals surface area contributed by atoms with Gasteiger partial charge in [0.15, 0.2) is 0 Å². The minimum Gasteiger partial charge on any atom is -0.492 e. The Morgan fingerprint density at radius 1 is 1.24 bits per heavy atom. The van der Waals surface area contributed by atoms with Gasteiger partial charge in [0.1, 0.15) is 18.9 Å². The van der Waals surface area contributed by atoms with Crippen molar-refractivity contribution in [3.8, 4) is 5.75 Å². The number of carboxylic acids is 1. The molecule has 0 spiro atoms. The SMILES string of the molecule is CCCc1ccc(OCC(C)(C)C(=O)NCC(=O)O)cc1. The zero-order chi connectivity index (χ0) is 15.9. The van der Waals surface area contributed by atoms with Crippen LogP contribution in [0.2, 0.25) is 0 Å². The van der Waals surface area contributed by atoms with Crippen LogP contribution < -0.4 is 10.1 Å². The molecule has 21 heavy (non-hydrogen) atoms. The van der Waals surface area contributed by atoms with Crippen LogP contribution in [0.5, 0.6) is 5.75 Å². The fourth-order valence-electron chi connectivity index (χ4n) is 1.77. The molecule has 1 aromatic carbocycles. The molecule has 0 heterocycles. The lowest BCUT2D eigenvalue weighted by Crippen LogP contribution is -2.42. The third-order valence-electron chi connectivity index (χ3n) is 3.08. The fourth-order valence-corrected chi connectivity index (χ4v) is 1.77. The fraction of sp³-hybridized carbons (Fsp3) is 0.500. The van der Waals surface area contributed by atoms with Crippen LogP contribution in [0.1, 0.15) is 32.8 Å². The number of carboxylic acid groups (broad SMARTS) is 1. The third-order valence-corrected chi connectivity index (χ3v) is 3.08. The van der Waals surface area contributed by atoms with E-state index in [0.29, 0.717) is 5.75 Å². The van der Waals surface area contributed by atoms with Crippen LogP contribution in [0.15, 0.2) is 24.3 Å². The van der Waals surface area contributed by atoms with Crippen LogP contribution in [0.4, 0.5) is 0 Å². The van der Waals surface area contributed by atoms with Gasteiger partial charge in [-0.05, 0) is 38.0 Å². The number of rotatable bonds is 8. The van der Waals surface area contributed by atoms with Crippen LogP contribution in [-0.4, -0.2) is 30.1 Å². The van der Waals surface area contributed by atoms with E-state index in [0.717, 1.165) is 12.8 Å². The first-order valence-electron chi connectivity index (χ1n) is 7.07. The van der Waals surface area contributed by atoms with E-state index in [1.165, 1.54) is 5.56 Å². The maximum atomic E-state index is 11.9. The molecule has 0 aliphatic carbocycles. The molecule has 0 bridgehead atoms. The van der Waals surface area contributed by atoms with Gasteiger partial charge in [-0.3, -0.25) is 9.59 Å². The van der Waals surface area contributed by atoms with Crippen molar-refractivity contribution in [1.29, 1.82) is 0 Å². The predicted molar refractivity (Wildman–Crippen MR) is 80.4 cm³/mol. The Kier molecular flexibility index (Phi) is 6.21. The molecule has 0 atom stereocenters. The number of carbonyl (C=O) groups is 2. The topological polar surface area (TPSA) is 75.6 Å². The van der Waals surface area contributed by atoms with Crippen molar-refractivity contribution >= 4 is 11.9 Å². The van der Waals surface area contributed by atoms with Crippen LogP contribution in [0, 0.1) is 5.41 Å². The number of amides is 1. The van der Waals surface area contributed by atoms with E-state index >= 15 is 0 Å². The second-order valence-corrected chi connectivity index (χ2v) is 5.64. The first-order chi connectivity index (χ1) is 9.85. The Morgan fingerprint density at radius 2 is 1.86 bits per heavy atom. The van der Waals surface area contributed by atoms with Gasteiger partial charge in [-0.2, -0.15) is 0 Å². The summed E-state index contributed by atoms with van der Waals surface area (Å²) in [4.78, 5) is 22.3. The number of benzene rings is 1. The van der Waals surface area contributed by atoms with Gasteiger partial charge in [-0.25, -0.2) is 0 Å². The van der Waals surface area contributed by atoms with Crippen molar-refractivity contribution in [2.45, 2.75) is 33.6 Å². The summed E-state index contributed by atoms with van der Waals surface area (Å²) in [5.41, 5.74) is 0.459. The largest absolute Gasteiger partial charge is 0.492 e. The summed E-state index contributed by atoms with van der Waals surface area (Å²) in [7, 11) is 0. The first kappa shape index (κ1) is 17.0. The minimum atomic E-state index is -1.06. The van der Waals surface area contributed by atoms with E-state index in [4.69, 9.17) is 9.84 Å². The summed E-state index contributed by atoms with van der Waals surface area (Å²) in [5, 5.41) is 10.9. The molecule has 0 aliphatic rings. The lowest BCUT2D eigenvalue weighted by atomic mass is 9.93. The molecule has 0 fully saturated rings. The molecule has 0 unspecified atom stereocenters. The summed E-state index contributed by atoms with van der Waals surface area (Å²) < 4.78 is 5.62. The van der Waals surface area contributed by atoms with Crippen molar-refractivity contribution in [2.24, 2.45) is 5.41 Å². The number of hydrogen-bond acceptors (Lipinski definition) is 3. The van der Waals surface area contributed by atoms with E-state index in [9.17, 15) is 9.59 Å². The third kappa shape index (κ3) is 5.85. The van der Waals surface area contributed by atoms with Crippen LogP contribution >= 0.6 is 0 Å². The average Bonchev–Trinajstić information content (AvgIpc) is 2.44. The Morgan fingerprint density at radius 3 is 2.38 bits per heavy atom. The molecule has 0 aromatic heterocycles. The molecule has 1 amide bonds. The van der Waals surface area contributed by atoms with Crippen LogP contribution in [-0.2, 0) is 16.0 Å². The molecular formula is C16H23NO4. The van der Waals surface area contributed by atoms with Crippen molar-refractivity contribution < 1.29 is 19.4 Å². The highest BCUT2D eigenvalue weighted by Gasteiger charge is 2.28. The van der Waals surface area contributed by atoms with Crippen LogP contribution in [0.3, 0.4) is 0 Å². The molecule has 1 aromatic rings. The molecule has 116 valence electrons. The molecule has 2 N–H and O–H groups in total. The van der Waals surface area contributed by atoms with Crippen molar-refractivity contribution in [2.75, 3.05) is 13.2 Å². The number of aryl methyl sites for hydroxylation is 1. The Hall–Kier alpha value is -2.04. The number of aliphatic carboxylic acids is 1. The van der Waals surface area contributed by atoms with Gasteiger partial charge >= 0.3 is 5.97 Å². The molecule has 5 heteroatoms. The summed E-state index contributed by atoms with van der Waals surface area (Å²) in [6.45, 7) is 5.37. The predicted octanol–water partition coefficient (Wildman–Crippen LogP) is 2.24.